The third kappa shape index (κ3) is 3.90. The van der Waals surface area contributed by atoms with E-state index in [2.05, 4.69) is 22.5 Å². The summed E-state index contributed by atoms with van der Waals surface area (Å²) < 4.78 is 6.46. The first-order valence-corrected chi connectivity index (χ1v) is 8.53. The number of nitrogens with zero attached hydrogens (tertiary/aromatic N) is 2. The van der Waals surface area contributed by atoms with Crippen LogP contribution in [0.15, 0.2) is 36.7 Å². The van der Waals surface area contributed by atoms with E-state index in [4.69, 9.17) is 4.74 Å². The summed E-state index contributed by atoms with van der Waals surface area (Å²) in [5, 5.41) is 6.80. The van der Waals surface area contributed by atoms with Gasteiger partial charge in [-0.1, -0.05) is 24.3 Å². The second-order valence-electron chi connectivity index (χ2n) is 6.48. The van der Waals surface area contributed by atoms with Gasteiger partial charge in [-0.05, 0) is 42.7 Å². The molecule has 132 valence electrons. The lowest BCUT2D eigenvalue weighted by atomic mass is 9.79. The summed E-state index contributed by atoms with van der Waals surface area (Å²) in [6.07, 6.45) is 6.81. The number of nitrogens with one attached hydrogen (secondary N) is 1. The molecule has 6 nitrogen and oxygen atoms in total. The van der Waals surface area contributed by atoms with E-state index < -0.39 is 12.0 Å². The highest BCUT2D eigenvalue weighted by atomic mass is 16.5. The molecule has 1 aliphatic rings. The van der Waals surface area contributed by atoms with Crippen molar-refractivity contribution in [2.24, 2.45) is 7.05 Å². The zero-order chi connectivity index (χ0) is 17.8. The molecule has 1 aliphatic carbocycles. The van der Waals surface area contributed by atoms with Crippen LogP contribution in [-0.4, -0.2) is 34.8 Å². The maximum atomic E-state index is 12.4. The minimum absolute atomic E-state index is 0.239. The molecule has 0 aliphatic heterocycles. The number of esters is 1. The van der Waals surface area contributed by atoms with Crippen molar-refractivity contribution in [3.8, 4) is 0 Å². The smallest absolute Gasteiger partial charge is 0.328 e. The molecule has 0 saturated heterocycles. The molecule has 1 heterocycles. The molecule has 3 rings (SSSR count). The van der Waals surface area contributed by atoms with Crippen molar-refractivity contribution >= 4 is 11.9 Å². The lowest BCUT2D eigenvalue weighted by Gasteiger charge is -2.28. The number of amides is 1. The fourth-order valence-electron chi connectivity index (χ4n) is 3.52. The molecule has 0 bridgehead atoms. The second kappa shape index (κ2) is 7.51. The van der Waals surface area contributed by atoms with Gasteiger partial charge in [0.2, 0.25) is 0 Å². The standard InChI is InChI=1S/C19H23N3O3/c1-22-12-15(11-20-22)18(23)21-17(19(24)25-2)10-14-8-5-7-13-6-3-4-9-16(13)14/h3-4,6,9,11-12,14,17H,5,7-8,10H2,1-2H3,(H,21,23)/t14-,17-/m0/s1. The number of methoxy groups -OCH3 is 1. The number of carbonyl (C=O) groups is 2. The summed E-state index contributed by atoms with van der Waals surface area (Å²) in [6, 6.07) is 7.66. The molecule has 1 N–H and O–H groups in total. The van der Waals surface area contributed by atoms with Crippen LogP contribution < -0.4 is 5.32 Å². The Labute approximate surface area is 147 Å². The van der Waals surface area contributed by atoms with E-state index in [-0.39, 0.29) is 11.8 Å². The first-order valence-electron chi connectivity index (χ1n) is 8.53. The predicted molar refractivity (Wildman–Crippen MR) is 93.2 cm³/mol. The summed E-state index contributed by atoms with van der Waals surface area (Å²) in [5.41, 5.74) is 3.04. The lowest BCUT2D eigenvalue weighted by molar-refractivity contribution is -0.143. The Morgan fingerprint density at radius 3 is 2.92 bits per heavy atom. The first-order chi connectivity index (χ1) is 12.1. The number of carbonyl (C=O) groups excluding carboxylic acids is 2. The highest BCUT2D eigenvalue weighted by Gasteiger charge is 2.29. The SMILES string of the molecule is COC(=O)[C@H](C[C@@H]1CCCc2ccccc21)NC(=O)c1cnn(C)c1. The van der Waals surface area contributed by atoms with Crippen LogP contribution in [0.5, 0.6) is 0 Å². The zero-order valence-electron chi connectivity index (χ0n) is 14.6. The van der Waals surface area contributed by atoms with Gasteiger partial charge < -0.3 is 10.1 Å². The van der Waals surface area contributed by atoms with Gasteiger partial charge in [-0.3, -0.25) is 9.48 Å². The number of hydrogen-bond acceptors (Lipinski definition) is 4. The fraction of sp³-hybridized carbons (Fsp3) is 0.421. The number of hydrogen-bond donors (Lipinski definition) is 1. The van der Waals surface area contributed by atoms with Crippen LogP contribution in [0.4, 0.5) is 0 Å². The molecule has 25 heavy (non-hydrogen) atoms. The lowest BCUT2D eigenvalue weighted by Crippen LogP contribution is -2.42. The van der Waals surface area contributed by atoms with Crippen molar-refractivity contribution in [3.05, 3.63) is 53.3 Å². The maximum absolute atomic E-state index is 12.4. The van der Waals surface area contributed by atoms with Gasteiger partial charge in [0.25, 0.3) is 5.91 Å². The predicted octanol–water partition coefficient (Wildman–Crippen LogP) is 2.20. The molecule has 2 atom stereocenters. The molecular weight excluding hydrogens is 318 g/mol. The molecule has 6 heteroatoms. The summed E-state index contributed by atoms with van der Waals surface area (Å²) in [7, 11) is 3.09. The normalized spacial score (nSPS) is 17.4. The van der Waals surface area contributed by atoms with Crippen molar-refractivity contribution in [2.75, 3.05) is 7.11 Å². The second-order valence-corrected chi connectivity index (χ2v) is 6.48. The quantitative estimate of drug-likeness (QED) is 0.846. The average molecular weight is 341 g/mol. The summed E-state index contributed by atoms with van der Waals surface area (Å²) in [5.74, 6) is -0.490. The summed E-state index contributed by atoms with van der Waals surface area (Å²) in [6.45, 7) is 0. The molecule has 0 saturated carbocycles. The van der Waals surface area contributed by atoms with Crippen LogP contribution in [-0.2, 0) is 23.0 Å². The average Bonchev–Trinajstić information content (AvgIpc) is 3.07. The highest BCUT2D eigenvalue weighted by molar-refractivity contribution is 5.96. The van der Waals surface area contributed by atoms with Crippen molar-refractivity contribution in [1.29, 1.82) is 0 Å². The number of rotatable bonds is 5. The van der Waals surface area contributed by atoms with E-state index in [9.17, 15) is 9.59 Å². The molecular formula is C19H23N3O3. The van der Waals surface area contributed by atoms with Crippen LogP contribution in [0, 0.1) is 0 Å². The topological polar surface area (TPSA) is 73.2 Å². The van der Waals surface area contributed by atoms with Gasteiger partial charge in [0.05, 0.1) is 18.9 Å². The Morgan fingerprint density at radius 1 is 1.40 bits per heavy atom. The monoisotopic (exact) mass is 341 g/mol. The Kier molecular flexibility index (Phi) is 5.16. The zero-order valence-corrected chi connectivity index (χ0v) is 14.6. The number of benzene rings is 1. The van der Waals surface area contributed by atoms with Crippen LogP contribution in [0.2, 0.25) is 0 Å². The van der Waals surface area contributed by atoms with Crippen LogP contribution in [0.1, 0.15) is 46.7 Å². The number of aromatic nitrogens is 2. The molecule has 1 aromatic carbocycles. The highest BCUT2D eigenvalue weighted by Crippen LogP contribution is 2.34. The molecule has 0 radical (unpaired) electrons. The number of fused-ring (bicyclic) bond motifs is 1. The molecule has 0 unspecified atom stereocenters. The van der Waals surface area contributed by atoms with Crippen LogP contribution in [0.3, 0.4) is 0 Å². The van der Waals surface area contributed by atoms with Crippen LogP contribution in [0.25, 0.3) is 0 Å². The molecule has 2 aromatic rings. The Morgan fingerprint density at radius 2 is 2.20 bits per heavy atom. The van der Waals surface area contributed by atoms with Crippen LogP contribution >= 0.6 is 0 Å². The van der Waals surface area contributed by atoms with Gasteiger partial charge in [-0.2, -0.15) is 5.10 Å². The Balaban J connectivity index is 1.76. The Hall–Kier alpha value is -2.63. The minimum atomic E-state index is -0.672. The molecule has 0 spiro atoms. The van der Waals surface area contributed by atoms with E-state index in [0.29, 0.717) is 12.0 Å². The van der Waals surface area contributed by atoms with E-state index in [1.54, 1.807) is 17.9 Å². The maximum Gasteiger partial charge on any atom is 0.328 e. The van der Waals surface area contributed by atoms with Gasteiger partial charge >= 0.3 is 5.97 Å². The third-order valence-electron chi connectivity index (χ3n) is 4.77. The largest absolute Gasteiger partial charge is 0.467 e. The fourth-order valence-corrected chi connectivity index (χ4v) is 3.52. The van der Waals surface area contributed by atoms with Gasteiger partial charge in [-0.25, -0.2) is 4.79 Å². The molecule has 1 aromatic heterocycles. The van der Waals surface area contributed by atoms with Gasteiger partial charge in [0.15, 0.2) is 0 Å². The van der Waals surface area contributed by atoms with E-state index in [1.165, 1.54) is 24.4 Å². The van der Waals surface area contributed by atoms with Gasteiger partial charge in [0.1, 0.15) is 6.04 Å². The van der Waals surface area contributed by atoms with Crippen molar-refractivity contribution in [2.45, 2.75) is 37.6 Å². The van der Waals surface area contributed by atoms with E-state index in [1.807, 2.05) is 12.1 Å². The molecule has 0 fully saturated rings. The van der Waals surface area contributed by atoms with E-state index in [0.717, 1.165) is 19.3 Å². The van der Waals surface area contributed by atoms with Crippen molar-refractivity contribution in [1.82, 2.24) is 15.1 Å². The summed E-state index contributed by atoms with van der Waals surface area (Å²) in [4.78, 5) is 24.6. The third-order valence-corrected chi connectivity index (χ3v) is 4.77. The van der Waals surface area contributed by atoms with Crippen molar-refractivity contribution in [3.63, 3.8) is 0 Å². The summed E-state index contributed by atoms with van der Waals surface area (Å²) >= 11 is 0. The van der Waals surface area contributed by atoms with Gasteiger partial charge in [0, 0.05) is 13.2 Å². The van der Waals surface area contributed by atoms with Crippen molar-refractivity contribution < 1.29 is 14.3 Å². The Bertz CT molecular complexity index is 769. The van der Waals surface area contributed by atoms with E-state index >= 15 is 0 Å². The number of aryl methyl sites for hydroxylation is 2. The minimum Gasteiger partial charge on any atom is -0.467 e. The molecule has 1 amide bonds. The first kappa shape index (κ1) is 17.2. The number of ether oxygens (including phenoxy) is 1. The van der Waals surface area contributed by atoms with Gasteiger partial charge in [-0.15, -0.1) is 0 Å².